The van der Waals surface area contributed by atoms with Crippen LogP contribution < -0.4 is 4.90 Å². The van der Waals surface area contributed by atoms with Crippen LogP contribution in [0.25, 0.3) is 0 Å². The summed E-state index contributed by atoms with van der Waals surface area (Å²) in [6.07, 6.45) is 3.14. The molecule has 1 N–H and O–H groups in total. The molecule has 3 rings (SSSR count). The number of aromatic nitrogens is 3. The van der Waals surface area contributed by atoms with E-state index in [0.717, 1.165) is 35.1 Å². The van der Waals surface area contributed by atoms with Gasteiger partial charge in [0.1, 0.15) is 6.20 Å². The fourth-order valence-electron chi connectivity index (χ4n) is 2.97. The fraction of sp³-hybridized carbons (Fsp3) is 0.571. The predicted octanol–water partition coefficient (Wildman–Crippen LogP) is 2.35. The molecule has 1 unspecified atom stereocenters. The fourth-order valence-corrected chi connectivity index (χ4v) is 4.61. The van der Waals surface area contributed by atoms with Crippen LogP contribution in [0, 0.1) is 10.1 Å². The van der Waals surface area contributed by atoms with Crippen LogP contribution >= 0.6 is 43.2 Å². The largest absolute Gasteiger partial charge is 0.387 e. The van der Waals surface area contributed by atoms with Gasteiger partial charge in [-0.1, -0.05) is 11.3 Å². The average molecular weight is 510 g/mol. The van der Waals surface area contributed by atoms with Gasteiger partial charge < -0.3 is 20.1 Å². The van der Waals surface area contributed by atoms with Gasteiger partial charge >= 0.3 is 5.82 Å². The first-order valence-electron chi connectivity index (χ1n) is 7.91. The molecule has 26 heavy (non-hydrogen) atoms. The standard InChI is InChI=1S/C14H18Br2N6O3S/c1-14(23,9-21-7-11(22(24)25)18-12(21)16)8-19-2-4-20(5-3-19)13-17-6-10(15)26-13/h6-7,23H,2-5,8-9H2,1H3. The Hall–Kier alpha value is -1.08. The Morgan fingerprint density at radius 3 is 2.58 bits per heavy atom. The van der Waals surface area contributed by atoms with Crippen LogP contribution in [0.4, 0.5) is 10.9 Å². The Morgan fingerprint density at radius 1 is 1.35 bits per heavy atom. The maximum atomic E-state index is 10.8. The number of nitrogens with zero attached hydrogens (tertiary/aromatic N) is 6. The molecule has 12 heteroatoms. The van der Waals surface area contributed by atoms with E-state index < -0.39 is 10.5 Å². The van der Waals surface area contributed by atoms with Crippen LogP contribution in [-0.2, 0) is 6.54 Å². The summed E-state index contributed by atoms with van der Waals surface area (Å²) >= 11 is 8.25. The van der Waals surface area contributed by atoms with Crippen molar-refractivity contribution in [3.05, 3.63) is 31.0 Å². The van der Waals surface area contributed by atoms with Crippen LogP contribution in [0.3, 0.4) is 0 Å². The second-order valence-electron chi connectivity index (χ2n) is 6.46. The van der Waals surface area contributed by atoms with Crippen molar-refractivity contribution in [2.45, 2.75) is 19.1 Å². The van der Waals surface area contributed by atoms with E-state index in [9.17, 15) is 15.2 Å². The number of anilines is 1. The molecule has 0 amide bonds. The molecule has 1 saturated heterocycles. The first-order chi connectivity index (χ1) is 12.2. The van der Waals surface area contributed by atoms with Crippen molar-refractivity contribution >= 4 is 54.1 Å². The smallest absolute Gasteiger partial charge is 0.382 e. The van der Waals surface area contributed by atoms with Gasteiger partial charge in [-0.15, -0.1) is 0 Å². The van der Waals surface area contributed by atoms with Gasteiger partial charge in [0, 0.05) is 48.7 Å². The molecular weight excluding hydrogens is 492 g/mol. The summed E-state index contributed by atoms with van der Waals surface area (Å²) in [6, 6.07) is 0. The van der Waals surface area contributed by atoms with Gasteiger partial charge in [-0.3, -0.25) is 9.47 Å². The molecule has 1 atom stereocenters. The van der Waals surface area contributed by atoms with E-state index in [1.807, 2.05) is 0 Å². The van der Waals surface area contributed by atoms with Crippen molar-refractivity contribution in [3.63, 3.8) is 0 Å². The van der Waals surface area contributed by atoms with Crippen molar-refractivity contribution < 1.29 is 10.0 Å². The van der Waals surface area contributed by atoms with Crippen LogP contribution in [-0.4, -0.2) is 67.8 Å². The third-order valence-corrected chi connectivity index (χ3v) is 6.26. The number of halogens is 2. The summed E-state index contributed by atoms with van der Waals surface area (Å²) in [7, 11) is 0. The zero-order valence-electron chi connectivity index (χ0n) is 14.0. The molecular formula is C14H18Br2N6O3S. The minimum Gasteiger partial charge on any atom is -0.387 e. The highest BCUT2D eigenvalue weighted by atomic mass is 79.9. The Kier molecular flexibility index (Phi) is 5.97. The van der Waals surface area contributed by atoms with Gasteiger partial charge in [-0.05, 0) is 32.8 Å². The lowest BCUT2D eigenvalue weighted by atomic mass is 10.1. The maximum Gasteiger partial charge on any atom is 0.382 e. The van der Waals surface area contributed by atoms with Crippen LogP contribution in [0.5, 0.6) is 0 Å². The molecule has 1 aliphatic rings. The highest BCUT2D eigenvalue weighted by Crippen LogP contribution is 2.27. The third-order valence-electron chi connectivity index (χ3n) is 4.09. The molecule has 0 bridgehead atoms. The van der Waals surface area contributed by atoms with Gasteiger partial charge in [0.15, 0.2) is 5.13 Å². The summed E-state index contributed by atoms with van der Waals surface area (Å²) < 4.78 is 2.91. The number of nitro groups is 1. The normalized spacial score (nSPS) is 18.1. The monoisotopic (exact) mass is 508 g/mol. The number of hydrogen-bond acceptors (Lipinski definition) is 8. The van der Waals surface area contributed by atoms with Crippen LogP contribution in [0.1, 0.15) is 6.92 Å². The quantitative estimate of drug-likeness (QED) is 0.471. The minimum absolute atomic E-state index is 0.216. The Bertz CT molecular complexity index is 787. The number of imidazole rings is 1. The molecule has 2 aromatic heterocycles. The summed E-state index contributed by atoms with van der Waals surface area (Å²) in [5.41, 5.74) is -1.04. The van der Waals surface area contributed by atoms with E-state index in [1.54, 1.807) is 29.0 Å². The minimum atomic E-state index is -1.04. The van der Waals surface area contributed by atoms with Crippen molar-refractivity contribution in [3.8, 4) is 0 Å². The van der Waals surface area contributed by atoms with Crippen molar-refractivity contribution in [2.24, 2.45) is 0 Å². The molecule has 0 spiro atoms. The lowest BCUT2D eigenvalue weighted by molar-refractivity contribution is -0.389. The lowest BCUT2D eigenvalue weighted by Gasteiger charge is -2.38. The summed E-state index contributed by atoms with van der Waals surface area (Å²) in [5.74, 6) is -0.240. The predicted molar refractivity (Wildman–Crippen MR) is 106 cm³/mol. The lowest BCUT2D eigenvalue weighted by Crippen LogP contribution is -2.52. The molecule has 0 radical (unpaired) electrons. The first-order valence-corrected chi connectivity index (χ1v) is 10.3. The Balaban J connectivity index is 1.56. The average Bonchev–Trinajstić information content (AvgIpc) is 3.14. The number of hydrogen-bond donors (Lipinski definition) is 1. The van der Waals surface area contributed by atoms with Gasteiger partial charge in [0.2, 0.25) is 0 Å². The number of thiazole rings is 1. The molecule has 0 aromatic carbocycles. The van der Waals surface area contributed by atoms with Gasteiger partial charge in [-0.25, -0.2) is 4.98 Å². The van der Waals surface area contributed by atoms with E-state index in [1.165, 1.54) is 6.20 Å². The molecule has 0 aliphatic carbocycles. The first kappa shape index (κ1) is 19.7. The Labute approximate surface area is 171 Å². The third kappa shape index (κ3) is 4.80. The second kappa shape index (κ2) is 7.89. The highest BCUT2D eigenvalue weighted by molar-refractivity contribution is 9.11. The van der Waals surface area contributed by atoms with Gasteiger partial charge in [0.05, 0.1) is 22.1 Å². The van der Waals surface area contributed by atoms with E-state index in [2.05, 4.69) is 51.6 Å². The van der Waals surface area contributed by atoms with E-state index in [-0.39, 0.29) is 12.4 Å². The molecule has 2 aromatic rings. The molecule has 1 aliphatic heterocycles. The second-order valence-corrected chi connectivity index (χ2v) is 9.56. The molecule has 1 fully saturated rings. The molecule has 3 heterocycles. The maximum absolute atomic E-state index is 10.8. The Morgan fingerprint density at radius 2 is 2.04 bits per heavy atom. The van der Waals surface area contributed by atoms with Gasteiger partial charge in [0.25, 0.3) is 4.73 Å². The van der Waals surface area contributed by atoms with Crippen molar-refractivity contribution in [1.82, 2.24) is 19.4 Å². The van der Waals surface area contributed by atoms with E-state index in [4.69, 9.17) is 0 Å². The number of piperazine rings is 1. The van der Waals surface area contributed by atoms with E-state index >= 15 is 0 Å². The highest BCUT2D eigenvalue weighted by Gasteiger charge is 2.30. The summed E-state index contributed by atoms with van der Waals surface area (Å²) in [6.45, 7) is 5.74. The van der Waals surface area contributed by atoms with Crippen molar-refractivity contribution in [2.75, 3.05) is 37.6 Å². The number of aliphatic hydroxyl groups is 1. The molecule has 0 saturated carbocycles. The zero-order valence-corrected chi connectivity index (χ0v) is 18.0. The zero-order chi connectivity index (χ0) is 18.9. The van der Waals surface area contributed by atoms with Crippen molar-refractivity contribution in [1.29, 1.82) is 0 Å². The van der Waals surface area contributed by atoms with Crippen LogP contribution in [0.2, 0.25) is 0 Å². The summed E-state index contributed by atoms with van der Waals surface area (Å²) in [4.78, 5) is 22.9. The van der Waals surface area contributed by atoms with Crippen LogP contribution in [0.15, 0.2) is 20.9 Å². The summed E-state index contributed by atoms with van der Waals surface area (Å²) in [5, 5.41) is 22.6. The SMILES string of the molecule is CC(O)(CN1CCN(c2ncc(Br)s2)CC1)Cn1cc([N+](=O)[O-])nc1Br. The topological polar surface area (TPSA) is 101 Å². The van der Waals surface area contributed by atoms with E-state index in [0.29, 0.717) is 11.3 Å². The number of rotatable bonds is 6. The van der Waals surface area contributed by atoms with Gasteiger partial charge in [-0.2, -0.15) is 0 Å². The molecule has 9 nitrogen and oxygen atoms in total. The molecule has 142 valence electrons. The number of β-amino-alcohol motifs (C(OH)–C–C–N with tert-alkyl or cyclic N) is 1.